The van der Waals surface area contributed by atoms with Crippen LogP contribution in [0.5, 0.6) is 5.75 Å². The smallest absolute Gasteiger partial charge is 0.141 e. The Balaban J connectivity index is 2.07. The third-order valence-corrected chi connectivity index (χ3v) is 3.63. The highest BCUT2D eigenvalue weighted by Crippen LogP contribution is 2.31. The minimum Gasteiger partial charge on any atom is -0.496 e. The molecule has 106 valence electrons. The fraction of sp³-hybridized carbons (Fsp3) is 0.118. The van der Waals surface area contributed by atoms with Crippen molar-refractivity contribution in [3.63, 3.8) is 0 Å². The zero-order valence-electron chi connectivity index (χ0n) is 11.9. The Kier molecular flexibility index (Phi) is 3.67. The molecule has 0 saturated carbocycles. The first-order chi connectivity index (χ1) is 10.2. The van der Waals surface area contributed by atoms with Gasteiger partial charge in [-0.2, -0.15) is 0 Å². The van der Waals surface area contributed by atoms with Crippen molar-refractivity contribution >= 4 is 11.6 Å². The maximum Gasteiger partial charge on any atom is 0.141 e. The third-order valence-electron chi connectivity index (χ3n) is 3.38. The van der Waals surface area contributed by atoms with Crippen LogP contribution >= 0.6 is 11.6 Å². The number of benzene rings is 2. The molecule has 2 aromatic carbocycles. The van der Waals surface area contributed by atoms with E-state index in [1.54, 1.807) is 7.11 Å². The van der Waals surface area contributed by atoms with Crippen LogP contribution in [0.1, 0.15) is 5.69 Å². The average molecular weight is 299 g/mol. The predicted octanol–water partition coefficient (Wildman–Crippen LogP) is 4.71. The molecule has 0 atom stereocenters. The number of rotatable bonds is 3. The number of H-pyrrole nitrogens is 1. The highest BCUT2D eigenvalue weighted by Gasteiger charge is 2.13. The fourth-order valence-electron chi connectivity index (χ4n) is 2.33. The molecule has 1 aromatic heterocycles. The SMILES string of the molecule is COc1ccccc1-c1nc(C)c(-c2ccc(Cl)cc2)[nH]1. The second-order valence-electron chi connectivity index (χ2n) is 4.75. The summed E-state index contributed by atoms with van der Waals surface area (Å²) in [5, 5.41) is 0.723. The van der Waals surface area contributed by atoms with Crippen molar-refractivity contribution in [2.24, 2.45) is 0 Å². The summed E-state index contributed by atoms with van der Waals surface area (Å²) in [6, 6.07) is 15.5. The van der Waals surface area contributed by atoms with E-state index in [1.165, 1.54) is 0 Å². The number of hydrogen-bond acceptors (Lipinski definition) is 2. The van der Waals surface area contributed by atoms with Crippen LogP contribution in [0, 0.1) is 6.92 Å². The molecule has 0 aliphatic rings. The van der Waals surface area contributed by atoms with E-state index < -0.39 is 0 Å². The van der Waals surface area contributed by atoms with Crippen LogP contribution in [-0.4, -0.2) is 17.1 Å². The average Bonchev–Trinajstić information content (AvgIpc) is 2.90. The summed E-state index contributed by atoms with van der Waals surface area (Å²) in [7, 11) is 1.66. The van der Waals surface area contributed by atoms with Crippen LogP contribution in [-0.2, 0) is 0 Å². The molecule has 0 amide bonds. The molecule has 0 fully saturated rings. The van der Waals surface area contributed by atoms with Gasteiger partial charge in [0.15, 0.2) is 0 Å². The van der Waals surface area contributed by atoms with Crippen molar-refractivity contribution in [1.82, 2.24) is 9.97 Å². The minimum atomic E-state index is 0.723. The van der Waals surface area contributed by atoms with Crippen LogP contribution < -0.4 is 4.74 Å². The number of aromatic nitrogens is 2. The summed E-state index contributed by atoms with van der Waals surface area (Å²) in [5.41, 5.74) is 3.94. The normalized spacial score (nSPS) is 10.6. The van der Waals surface area contributed by atoms with Crippen molar-refractivity contribution in [3.8, 4) is 28.4 Å². The summed E-state index contributed by atoms with van der Waals surface area (Å²) in [4.78, 5) is 7.99. The van der Waals surface area contributed by atoms with Gasteiger partial charge in [-0.25, -0.2) is 4.98 Å². The lowest BCUT2D eigenvalue weighted by atomic mass is 10.1. The van der Waals surface area contributed by atoms with Gasteiger partial charge in [0.05, 0.1) is 24.1 Å². The largest absolute Gasteiger partial charge is 0.496 e. The first-order valence-electron chi connectivity index (χ1n) is 6.65. The zero-order chi connectivity index (χ0) is 14.8. The zero-order valence-corrected chi connectivity index (χ0v) is 12.6. The predicted molar refractivity (Wildman–Crippen MR) is 85.8 cm³/mol. The van der Waals surface area contributed by atoms with E-state index in [2.05, 4.69) is 9.97 Å². The Labute approximate surface area is 128 Å². The summed E-state index contributed by atoms with van der Waals surface area (Å²) in [6.07, 6.45) is 0. The van der Waals surface area contributed by atoms with Gasteiger partial charge in [0, 0.05) is 5.02 Å². The lowest BCUT2D eigenvalue weighted by Gasteiger charge is -2.05. The molecule has 0 unspecified atom stereocenters. The number of aromatic amines is 1. The Bertz CT molecular complexity index is 763. The molecule has 0 radical (unpaired) electrons. The highest BCUT2D eigenvalue weighted by atomic mass is 35.5. The first-order valence-corrected chi connectivity index (χ1v) is 7.03. The number of aryl methyl sites for hydroxylation is 1. The van der Waals surface area contributed by atoms with Gasteiger partial charge in [0.25, 0.3) is 0 Å². The molecule has 4 heteroatoms. The number of para-hydroxylation sites is 1. The van der Waals surface area contributed by atoms with Crippen molar-refractivity contribution in [2.75, 3.05) is 7.11 Å². The second-order valence-corrected chi connectivity index (χ2v) is 5.19. The molecule has 0 saturated heterocycles. The molecule has 0 bridgehead atoms. The van der Waals surface area contributed by atoms with Gasteiger partial charge in [-0.05, 0) is 36.8 Å². The van der Waals surface area contributed by atoms with E-state index in [-0.39, 0.29) is 0 Å². The van der Waals surface area contributed by atoms with E-state index in [4.69, 9.17) is 16.3 Å². The second kappa shape index (κ2) is 5.62. The standard InChI is InChI=1S/C17H15ClN2O/c1-11-16(12-7-9-13(18)10-8-12)20-17(19-11)14-5-3-4-6-15(14)21-2/h3-10H,1-2H3,(H,19,20). The van der Waals surface area contributed by atoms with Crippen molar-refractivity contribution in [3.05, 3.63) is 59.2 Å². The maximum atomic E-state index is 5.94. The number of nitrogens with one attached hydrogen (secondary N) is 1. The van der Waals surface area contributed by atoms with E-state index in [9.17, 15) is 0 Å². The summed E-state index contributed by atoms with van der Waals surface area (Å²) in [6.45, 7) is 1.99. The maximum absolute atomic E-state index is 5.94. The monoisotopic (exact) mass is 298 g/mol. The first kappa shape index (κ1) is 13.7. The number of methoxy groups -OCH3 is 1. The topological polar surface area (TPSA) is 37.9 Å². The van der Waals surface area contributed by atoms with Crippen LogP contribution in [0.2, 0.25) is 5.02 Å². The number of ether oxygens (including phenoxy) is 1. The van der Waals surface area contributed by atoms with Crippen LogP contribution in [0.3, 0.4) is 0 Å². The Morgan fingerprint density at radius 3 is 2.48 bits per heavy atom. The van der Waals surface area contributed by atoms with Gasteiger partial charge in [-0.3, -0.25) is 0 Å². The van der Waals surface area contributed by atoms with Crippen LogP contribution in [0.25, 0.3) is 22.6 Å². The summed E-state index contributed by atoms with van der Waals surface area (Å²) < 4.78 is 5.39. The van der Waals surface area contributed by atoms with Crippen LogP contribution in [0.15, 0.2) is 48.5 Å². The van der Waals surface area contributed by atoms with Crippen LogP contribution in [0.4, 0.5) is 0 Å². The van der Waals surface area contributed by atoms with Crippen molar-refractivity contribution in [2.45, 2.75) is 6.92 Å². The summed E-state index contributed by atoms with van der Waals surface area (Å²) >= 11 is 5.94. The van der Waals surface area contributed by atoms with Gasteiger partial charge in [0.1, 0.15) is 11.6 Å². The van der Waals surface area contributed by atoms with Crippen molar-refractivity contribution < 1.29 is 4.74 Å². The van der Waals surface area contributed by atoms with Gasteiger partial charge >= 0.3 is 0 Å². The Morgan fingerprint density at radius 2 is 1.76 bits per heavy atom. The van der Waals surface area contributed by atoms with E-state index in [0.717, 1.165) is 39.1 Å². The lowest BCUT2D eigenvalue weighted by molar-refractivity contribution is 0.416. The third kappa shape index (κ3) is 2.65. The van der Waals surface area contributed by atoms with Gasteiger partial charge in [-0.1, -0.05) is 35.9 Å². The highest BCUT2D eigenvalue weighted by molar-refractivity contribution is 6.30. The van der Waals surface area contributed by atoms with E-state index >= 15 is 0 Å². The number of hydrogen-bond donors (Lipinski definition) is 1. The fourth-order valence-corrected chi connectivity index (χ4v) is 2.45. The van der Waals surface area contributed by atoms with E-state index in [0.29, 0.717) is 0 Å². The van der Waals surface area contributed by atoms with E-state index in [1.807, 2.05) is 55.5 Å². The number of halogens is 1. The number of imidazole rings is 1. The molecule has 0 spiro atoms. The molecule has 3 nitrogen and oxygen atoms in total. The lowest BCUT2D eigenvalue weighted by Crippen LogP contribution is -1.88. The number of nitrogens with zero attached hydrogens (tertiary/aromatic N) is 1. The van der Waals surface area contributed by atoms with Gasteiger partial charge in [-0.15, -0.1) is 0 Å². The van der Waals surface area contributed by atoms with Gasteiger partial charge < -0.3 is 9.72 Å². The molecular weight excluding hydrogens is 284 g/mol. The Morgan fingerprint density at radius 1 is 1.05 bits per heavy atom. The van der Waals surface area contributed by atoms with Crippen molar-refractivity contribution in [1.29, 1.82) is 0 Å². The molecule has 0 aliphatic heterocycles. The molecule has 1 heterocycles. The minimum absolute atomic E-state index is 0.723. The van der Waals surface area contributed by atoms with Gasteiger partial charge in [0.2, 0.25) is 0 Å². The summed E-state index contributed by atoms with van der Waals surface area (Å²) in [5.74, 6) is 1.60. The molecule has 1 N–H and O–H groups in total. The molecule has 3 rings (SSSR count). The Hall–Kier alpha value is -2.26. The molecule has 0 aliphatic carbocycles. The molecule has 21 heavy (non-hydrogen) atoms. The quantitative estimate of drug-likeness (QED) is 0.760. The molecule has 3 aromatic rings. The molecular formula is C17H15ClN2O.